The van der Waals surface area contributed by atoms with Crippen molar-refractivity contribution < 1.29 is 14.3 Å². The number of nitrogens with one attached hydrogen (secondary N) is 1. The van der Waals surface area contributed by atoms with E-state index in [1.807, 2.05) is 30.3 Å². The molecule has 29 heavy (non-hydrogen) atoms. The Kier molecular flexibility index (Phi) is 5.14. The van der Waals surface area contributed by atoms with Crippen molar-refractivity contribution >= 4 is 40.7 Å². The highest BCUT2D eigenvalue weighted by Crippen LogP contribution is 2.31. The molecule has 0 saturated heterocycles. The fourth-order valence-corrected chi connectivity index (χ4v) is 3.35. The first-order valence-electron chi connectivity index (χ1n) is 9.03. The zero-order chi connectivity index (χ0) is 20.4. The van der Waals surface area contributed by atoms with Crippen molar-refractivity contribution in [3.8, 4) is 0 Å². The molecule has 1 amide bonds. The SMILES string of the molecule is CCOC(=O)C=C1NN=C2CN=C(c3ccccc3)c3cc(Cl)ccc3N2C1=O. The van der Waals surface area contributed by atoms with Gasteiger partial charge in [0.1, 0.15) is 12.2 Å². The Bertz CT molecular complexity index is 1080. The number of benzene rings is 2. The highest BCUT2D eigenvalue weighted by Gasteiger charge is 2.34. The Morgan fingerprint density at radius 2 is 2.07 bits per heavy atom. The van der Waals surface area contributed by atoms with E-state index in [1.165, 1.54) is 4.90 Å². The number of hydrogen-bond donors (Lipinski definition) is 1. The molecule has 0 bridgehead atoms. The van der Waals surface area contributed by atoms with Gasteiger partial charge in [0.25, 0.3) is 5.91 Å². The van der Waals surface area contributed by atoms with Gasteiger partial charge in [0.15, 0.2) is 5.84 Å². The minimum Gasteiger partial charge on any atom is -0.463 e. The van der Waals surface area contributed by atoms with E-state index in [2.05, 4.69) is 10.5 Å². The molecule has 2 aromatic carbocycles. The molecule has 2 aliphatic heterocycles. The van der Waals surface area contributed by atoms with Crippen molar-refractivity contribution in [2.75, 3.05) is 18.1 Å². The van der Waals surface area contributed by atoms with Crippen LogP contribution in [-0.4, -0.2) is 36.6 Å². The highest BCUT2D eigenvalue weighted by molar-refractivity contribution is 6.33. The molecule has 0 atom stereocenters. The van der Waals surface area contributed by atoms with E-state index in [-0.39, 0.29) is 18.8 Å². The molecule has 0 aliphatic carbocycles. The van der Waals surface area contributed by atoms with Crippen LogP contribution < -0.4 is 10.3 Å². The van der Waals surface area contributed by atoms with Crippen LogP contribution in [0.15, 0.2) is 70.4 Å². The third-order valence-electron chi connectivity index (χ3n) is 4.43. The number of anilines is 1. The monoisotopic (exact) mass is 408 g/mol. The quantitative estimate of drug-likeness (QED) is 0.625. The molecule has 2 aromatic rings. The van der Waals surface area contributed by atoms with Gasteiger partial charge in [-0.3, -0.25) is 20.1 Å². The lowest BCUT2D eigenvalue weighted by molar-refractivity contribution is -0.137. The van der Waals surface area contributed by atoms with E-state index < -0.39 is 11.9 Å². The molecule has 0 spiro atoms. The number of esters is 1. The molecule has 0 radical (unpaired) electrons. The number of hydrogen-bond acceptors (Lipinski definition) is 6. The van der Waals surface area contributed by atoms with E-state index in [1.54, 1.807) is 25.1 Å². The lowest BCUT2D eigenvalue weighted by atomic mass is 10.00. The lowest BCUT2D eigenvalue weighted by Crippen LogP contribution is -2.46. The van der Waals surface area contributed by atoms with E-state index in [9.17, 15) is 9.59 Å². The van der Waals surface area contributed by atoms with Crippen LogP contribution in [0.2, 0.25) is 5.02 Å². The van der Waals surface area contributed by atoms with Gasteiger partial charge in [-0.15, -0.1) is 0 Å². The number of amides is 1. The maximum atomic E-state index is 13.2. The normalized spacial score (nSPS) is 16.8. The second-order valence-corrected chi connectivity index (χ2v) is 6.72. The van der Waals surface area contributed by atoms with Crippen LogP contribution in [0.4, 0.5) is 5.69 Å². The predicted molar refractivity (Wildman–Crippen MR) is 111 cm³/mol. The molecular weight excluding hydrogens is 392 g/mol. The Hall–Kier alpha value is -3.45. The summed E-state index contributed by atoms with van der Waals surface area (Å²) in [6, 6.07) is 14.9. The first-order valence-corrected chi connectivity index (χ1v) is 9.41. The number of rotatable bonds is 3. The van der Waals surface area contributed by atoms with Crippen LogP contribution in [0.5, 0.6) is 0 Å². The Morgan fingerprint density at radius 1 is 1.28 bits per heavy atom. The number of aliphatic imine (C=N–C) groups is 1. The second-order valence-electron chi connectivity index (χ2n) is 6.28. The van der Waals surface area contributed by atoms with Crippen LogP contribution >= 0.6 is 11.6 Å². The van der Waals surface area contributed by atoms with Gasteiger partial charge in [-0.05, 0) is 25.1 Å². The predicted octanol–water partition coefficient (Wildman–Crippen LogP) is 2.89. The summed E-state index contributed by atoms with van der Waals surface area (Å²) in [6.07, 6.45) is 1.10. The van der Waals surface area contributed by atoms with E-state index in [0.29, 0.717) is 27.8 Å². The Morgan fingerprint density at radius 3 is 2.83 bits per heavy atom. The fraction of sp³-hybridized carbons (Fsp3) is 0.143. The summed E-state index contributed by atoms with van der Waals surface area (Å²) in [6.45, 7) is 2.09. The summed E-state index contributed by atoms with van der Waals surface area (Å²) in [5, 5.41) is 4.79. The maximum Gasteiger partial charge on any atom is 0.333 e. The van der Waals surface area contributed by atoms with Crippen molar-refractivity contribution in [3.63, 3.8) is 0 Å². The first kappa shape index (κ1) is 18.9. The van der Waals surface area contributed by atoms with Crippen LogP contribution in [0.25, 0.3) is 0 Å². The largest absolute Gasteiger partial charge is 0.463 e. The molecule has 0 aromatic heterocycles. The van der Waals surface area contributed by atoms with Crippen molar-refractivity contribution in [2.45, 2.75) is 6.92 Å². The summed E-state index contributed by atoms with van der Waals surface area (Å²) >= 11 is 6.25. The summed E-state index contributed by atoms with van der Waals surface area (Å²) < 4.78 is 4.90. The number of carbonyl (C=O) groups is 2. The molecule has 0 fully saturated rings. The number of carbonyl (C=O) groups excluding carboxylic acids is 2. The van der Waals surface area contributed by atoms with E-state index in [4.69, 9.17) is 21.3 Å². The molecule has 2 aliphatic rings. The average Bonchev–Trinajstić information content (AvgIpc) is 2.88. The zero-order valence-corrected chi connectivity index (χ0v) is 16.3. The van der Waals surface area contributed by atoms with Gasteiger partial charge in [0.2, 0.25) is 0 Å². The number of nitrogens with zero attached hydrogens (tertiary/aromatic N) is 3. The van der Waals surface area contributed by atoms with Gasteiger partial charge >= 0.3 is 5.97 Å². The standard InChI is InChI=1S/C21H17ClN4O3/c1-2-29-19(27)11-16-21(28)26-17-9-8-14(22)10-15(17)20(13-6-4-3-5-7-13)23-12-18(26)25-24-16/h3-11,24H,2,12H2,1H3. The number of hydrazone groups is 1. The van der Waals surface area contributed by atoms with Crippen LogP contribution in [0.1, 0.15) is 18.1 Å². The van der Waals surface area contributed by atoms with Crippen molar-refractivity contribution in [3.05, 3.63) is 76.5 Å². The molecule has 2 heterocycles. The average molecular weight is 409 g/mol. The summed E-state index contributed by atoms with van der Waals surface area (Å²) in [7, 11) is 0. The zero-order valence-electron chi connectivity index (χ0n) is 15.6. The molecule has 8 heteroatoms. The van der Waals surface area contributed by atoms with Gasteiger partial charge in [-0.1, -0.05) is 41.9 Å². The number of halogens is 1. The first-order chi connectivity index (χ1) is 14.1. The summed E-state index contributed by atoms with van der Waals surface area (Å²) in [5.41, 5.74) is 5.58. The van der Waals surface area contributed by atoms with Crippen molar-refractivity contribution in [1.29, 1.82) is 0 Å². The molecule has 146 valence electrons. The minimum absolute atomic E-state index is 0.0243. The van der Waals surface area contributed by atoms with Gasteiger partial charge < -0.3 is 4.74 Å². The number of fused-ring (bicyclic) bond motifs is 3. The molecule has 4 rings (SSSR count). The molecule has 0 saturated carbocycles. The van der Waals surface area contributed by atoms with Crippen molar-refractivity contribution in [2.24, 2.45) is 10.1 Å². The van der Waals surface area contributed by atoms with Crippen LogP contribution in [0, 0.1) is 0 Å². The molecule has 0 unspecified atom stereocenters. The number of ether oxygens (including phenoxy) is 1. The van der Waals surface area contributed by atoms with Crippen LogP contribution in [0.3, 0.4) is 0 Å². The van der Waals surface area contributed by atoms with Crippen LogP contribution in [-0.2, 0) is 14.3 Å². The molecular formula is C21H17ClN4O3. The van der Waals surface area contributed by atoms with Gasteiger partial charge in [0.05, 0.1) is 24.1 Å². The third kappa shape index (κ3) is 3.64. The molecule has 7 nitrogen and oxygen atoms in total. The summed E-state index contributed by atoms with van der Waals surface area (Å²) in [5.74, 6) is -0.615. The van der Waals surface area contributed by atoms with Crippen molar-refractivity contribution in [1.82, 2.24) is 5.43 Å². The number of amidine groups is 1. The lowest BCUT2D eigenvalue weighted by Gasteiger charge is -2.28. The Balaban J connectivity index is 1.83. The van der Waals surface area contributed by atoms with Gasteiger partial charge in [0, 0.05) is 16.1 Å². The van der Waals surface area contributed by atoms with Gasteiger partial charge in [-0.25, -0.2) is 4.79 Å². The highest BCUT2D eigenvalue weighted by atomic mass is 35.5. The van der Waals surface area contributed by atoms with Gasteiger partial charge in [-0.2, -0.15) is 5.10 Å². The maximum absolute atomic E-state index is 13.2. The molecule has 1 N–H and O–H groups in total. The van der Waals surface area contributed by atoms with E-state index >= 15 is 0 Å². The second kappa shape index (κ2) is 7.89. The third-order valence-corrected chi connectivity index (χ3v) is 4.66. The smallest absolute Gasteiger partial charge is 0.333 e. The Labute approximate surface area is 172 Å². The minimum atomic E-state index is -0.616. The topological polar surface area (TPSA) is 83.4 Å². The summed E-state index contributed by atoms with van der Waals surface area (Å²) in [4.78, 5) is 31.1. The fourth-order valence-electron chi connectivity index (χ4n) is 3.18. The van der Waals surface area contributed by atoms with E-state index in [0.717, 1.165) is 11.6 Å².